The Labute approximate surface area is 63.6 Å². The third kappa shape index (κ3) is 1.55. The van der Waals surface area contributed by atoms with E-state index in [4.69, 9.17) is 0 Å². The van der Waals surface area contributed by atoms with E-state index < -0.39 is 0 Å². The van der Waals surface area contributed by atoms with Crippen molar-refractivity contribution in [1.82, 2.24) is 0 Å². The molecule has 0 aromatic heterocycles. The maximum atomic E-state index is 3.52. The third-order valence-electron chi connectivity index (χ3n) is 1.88. The van der Waals surface area contributed by atoms with Gasteiger partial charge in [0.25, 0.3) is 0 Å². The molecule has 0 aromatic carbocycles. The summed E-state index contributed by atoms with van der Waals surface area (Å²) in [5.74, 6) is 0. The first kappa shape index (κ1) is 7.28. The highest BCUT2D eigenvalue weighted by Gasteiger charge is 2.09. The van der Waals surface area contributed by atoms with Crippen LogP contribution in [-0.2, 0) is 0 Å². The molecule has 0 aromatic rings. The van der Waals surface area contributed by atoms with Gasteiger partial charge in [-0.15, -0.1) is 0 Å². The zero-order valence-corrected chi connectivity index (χ0v) is 7.54. The molecule has 1 aliphatic carbocycles. The average Bonchev–Trinajstić information content (AvgIpc) is 2.33. The van der Waals surface area contributed by atoms with Crippen molar-refractivity contribution in [1.29, 1.82) is 0 Å². The Morgan fingerprint density at radius 1 is 1.00 bits per heavy atom. The fraction of sp³-hybridized carbons (Fsp3) is 0.714. The quantitative estimate of drug-likeness (QED) is 0.415. The molecule has 0 spiro atoms. The second-order valence-electron chi connectivity index (χ2n) is 2.41. The maximum Gasteiger partial charge on any atom is 0.0279 e. The van der Waals surface area contributed by atoms with Crippen LogP contribution < -0.4 is 0 Å². The van der Waals surface area contributed by atoms with Crippen LogP contribution in [0.2, 0.25) is 12.1 Å². The fourth-order valence-corrected chi connectivity index (χ4v) is 2.15. The van der Waals surface area contributed by atoms with Gasteiger partial charge >= 0.3 is 0 Å². The molecule has 6 radical (unpaired) electrons. The van der Waals surface area contributed by atoms with Gasteiger partial charge in [-0.05, 0) is 31.4 Å². The number of hydrogen-bond acceptors (Lipinski definition) is 0. The Bertz CT molecular complexity index is 113. The number of rotatable bonds is 2. The summed E-state index contributed by atoms with van der Waals surface area (Å²) in [6.45, 7) is 0. The smallest absolute Gasteiger partial charge is 0.0279 e. The van der Waals surface area contributed by atoms with Gasteiger partial charge in [0.15, 0.2) is 0 Å². The lowest BCUT2D eigenvalue weighted by Crippen LogP contribution is -1.81. The van der Waals surface area contributed by atoms with Crippen LogP contribution in [0.5, 0.6) is 0 Å². The first-order chi connectivity index (χ1) is 4.38. The van der Waals surface area contributed by atoms with Crippen molar-refractivity contribution in [3.63, 3.8) is 0 Å². The van der Waals surface area contributed by atoms with Crippen molar-refractivity contribution in [2.75, 3.05) is 0 Å². The summed E-state index contributed by atoms with van der Waals surface area (Å²) >= 11 is 0. The minimum absolute atomic E-state index is 1.07. The normalized spacial score (nSPS) is 19.3. The molecule has 0 N–H and O–H groups in total. The highest BCUT2D eigenvalue weighted by Crippen LogP contribution is 2.29. The molecule has 46 valence electrons. The molecule has 0 nitrogen and oxygen atoms in total. The first-order valence-electron chi connectivity index (χ1n) is 3.37. The molecule has 0 unspecified atom stereocenters. The van der Waals surface area contributed by atoms with E-state index >= 15 is 0 Å². The second-order valence-corrected chi connectivity index (χ2v) is 3.12. The standard InChI is InChI=1S/C7H10Si2/c8-4-6-2-1-3-7(6)5-9/h1-5H2. The van der Waals surface area contributed by atoms with E-state index in [0.29, 0.717) is 0 Å². The van der Waals surface area contributed by atoms with E-state index in [9.17, 15) is 0 Å². The van der Waals surface area contributed by atoms with E-state index in [0.717, 1.165) is 12.1 Å². The molecule has 0 atom stereocenters. The van der Waals surface area contributed by atoms with Gasteiger partial charge in [-0.3, -0.25) is 0 Å². The predicted molar refractivity (Wildman–Crippen MR) is 42.0 cm³/mol. The van der Waals surface area contributed by atoms with Crippen LogP contribution in [0.15, 0.2) is 11.1 Å². The molecule has 0 aliphatic heterocycles. The first-order valence-corrected chi connectivity index (χ1v) is 4.79. The van der Waals surface area contributed by atoms with Crippen LogP contribution in [0, 0.1) is 0 Å². The molecule has 1 rings (SSSR count). The van der Waals surface area contributed by atoms with Crippen molar-refractivity contribution in [2.24, 2.45) is 0 Å². The Hall–Kier alpha value is 0.174. The summed E-state index contributed by atoms with van der Waals surface area (Å²) in [6.07, 6.45) is 3.98. The lowest BCUT2D eigenvalue weighted by Gasteiger charge is -1.98. The fourth-order valence-electron chi connectivity index (χ4n) is 1.30. The molecule has 0 saturated heterocycles. The lowest BCUT2D eigenvalue weighted by molar-refractivity contribution is 0.892. The Morgan fingerprint density at radius 2 is 1.44 bits per heavy atom. The molecule has 2 heteroatoms. The average molecular weight is 150 g/mol. The summed E-state index contributed by atoms with van der Waals surface area (Å²) < 4.78 is 0. The monoisotopic (exact) mass is 150 g/mol. The van der Waals surface area contributed by atoms with Gasteiger partial charge in [-0.2, -0.15) is 0 Å². The zero-order chi connectivity index (χ0) is 6.69. The topological polar surface area (TPSA) is 0 Å². The van der Waals surface area contributed by atoms with E-state index in [1.54, 1.807) is 11.1 Å². The molecular formula is C7H10Si2. The van der Waals surface area contributed by atoms with Crippen LogP contribution in [0.25, 0.3) is 0 Å². The Kier molecular flexibility index (Phi) is 2.73. The molecule has 0 saturated carbocycles. The van der Waals surface area contributed by atoms with Crippen molar-refractivity contribution in [3.8, 4) is 0 Å². The number of hydrogen-bond donors (Lipinski definition) is 0. The van der Waals surface area contributed by atoms with Crippen molar-refractivity contribution in [2.45, 2.75) is 31.4 Å². The van der Waals surface area contributed by atoms with Crippen LogP contribution >= 0.6 is 0 Å². The molecule has 1 aliphatic rings. The minimum atomic E-state index is 1.07. The van der Waals surface area contributed by atoms with Gasteiger partial charge in [0, 0.05) is 20.5 Å². The SMILES string of the molecule is [Si]CC1=C(C[Si])CCC1. The van der Waals surface area contributed by atoms with Crippen LogP contribution in [0.3, 0.4) is 0 Å². The van der Waals surface area contributed by atoms with Crippen molar-refractivity contribution in [3.05, 3.63) is 11.1 Å². The molecule has 0 fully saturated rings. The van der Waals surface area contributed by atoms with Gasteiger partial charge < -0.3 is 0 Å². The molecule has 0 heterocycles. The summed E-state index contributed by atoms with van der Waals surface area (Å²) in [6, 6.07) is 2.14. The van der Waals surface area contributed by atoms with Crippen LogP contribution in [-0.4, -0.2) is 20.5 Å². The molecular weight excluding hydrogens is 140 g/mol. The van der Waals surface area contributed by atoms with Crippen LogP contribution in [0.4, 0.5) is 0 Å². The van der Waals surface area contributed by atoms with Gasteiger partial charge in [0.1, 0.15) is 0 Å². The van der Waals surface area contributed by atoms with E-state index in [-0.39, 0.29) is 0 Å². The van der Waals surface area contributed by atoms with Gasteiger partial charge in [-0.1, -0.05) is 11.1 Å². The highest BCUT2D eigenvalue weighted by molar-refractivity contribution is 6.12. The highest BCUT2D eigenvalue weighted by atomic mass is 28.1. The van der Waals surface area contributed by atoms with Gasteiger partial charge in [0.05, 0.1) is 0 Å². The van der Waals surface area contributed by atoms with E-state index in [1.165, 1.54) is 19.3 Å². The maximum absolute atomic E-state index is 3.52. The molecule has 9 heavy (non-hydrogen) atoms. The van der Waals surface area contributed by atoms with Crippen LogP contribution in [0.1, 0.15) is 19.3 Å². The summed E-state index contributed by atoms with van der Waals surface area (Å²) in [7, 11) is 7.05. The van der Waals surface area contributed by atoms with Gasteiger partial charge in [0.2, 0.25) is 0 Å². The lowest BCUT2D eigenvalue weighted by atomic mass is 10.2. The predicted octanol–water partition coefficient (Wildman–Crippen LogP) is 1.64. The Morgan fingerprint density at radius 3 is 1.78 bits per heavy atom. The zero-order valence-electron chi connectivity index (χ0n) is 5.54. The Balaban J connectivity index is 2.59. The summed E-state index contributed by atoms with van der Waals surface area (Å²) in [4.78, 5) is 0. The van der Waals surface area contributed by atoms with E-state index in [1.807, 2.05) is 0 Å². The number of allylic oxidation sites excluding steroid dienone is 2. The van der Waals surface area contributed by atoms with Crippen molar-refractivity contribution >= 4 is 20.5 Å². The second kappa shape index (κ2) is 3.37. The largest absolute Gasteiger partial charge is 0.0747 e. The van der Waals surface area contributed by atoms with Crippen molar-refractivity contribution < 1.29 is 0 Å². The third-order valence-corrected chi connectivity index (χ3v) is 2.74. The molecule has 0 amide bonds. The minimum Gasteiger partial charge on any atom is -0.0747 e. The summed E-state index contributed by atoms with van der Waals surface area (Å²) in [5, 5.41) is 0. The summed E-state index contributed by atoms with van der Waals surface area (Å²) in [5.41, 5.74) is 3.23. The van der Waals surface area contributed by atoms with E-state index in [2.05, 4.69) is 20.5 Å². The molecule has 0 bridgehead atoms. The van der Waals surface area contributed by atoms with Gasteiger partial charge in [-0.25, -0.2) is 0 Å².